The van der Waals surface area contributed by atoms with Gasteiger partial charge < -0.3 is 11.1 Å². The minimum absolute atomic E-state index is 0.0138. The number of primary amides is 1. The molecule has 3 N–H and O–H groups in total. The van der Waals surface area contributed by atoms with Crippen LogP contribution in [0.5, 0.6) is 0 Å². The van der Waals surface area contributed by atoms with Crippen LogP contribution in [0.15, 0.2) is 16.6 Å². The lowest BCUT2D eigenvalue weighted by molar-refractivity contribution is -0.385. The summed E-state index contributed by atoms with van der Waals surface area (Å²) in [6.07, 6.45) is 0. The van der Waals surface area contributed by atoms with E-state index in [1.807, 2.05) is 13.8 Å². The molecule has 0 aliphatic heterocycles. The molecule has 7 heteroatoms. The molecule has 6 nitrogen and oxygen atoms in total. The number of nitrogens with zero attached hydrogens (tertiary/aromatic N) is 1. The molecule has 0 spiro atoms. The zero-order chi connectivity index (χ0) is 14.7. The Morgan fingerprint density at radius 2 is 2.05 bits per heavy atom. The van der Waals surface area contributed by atoms with Crippen LogP contribution in [0.4, 0.5) is 11.4 Å². The number of nitro benzene ring substituents is 1. The average molecular weight is 330 g/mol. The molecule has 1 rings (SSSR count). The first-order valence-corrected chi connectivity index (χ1v) is 6.53. The van der Waals surface area contributed by atoms with Crippen molar-refractivity contribution in [3.63, 3.8) is 0 Å². The molecular weight excluding hydrogens is 314 g/mol. The highest BCUT2D eigenvalue weighted by molar-refractivity contribution is 9.10. The molecule has 1 atom stereocenters. The Morgan fingerprint density at radius 3 is 2.47 bits per heavy atom. The van der Waals surface area contributed by atoms with E-state index in [0.717, 1.165) is 0 Å². The maximum Gasteiger partial charge on any atom is 0.273 e. The molecular formula is C12H16BrN3O3. The van der Waals surface area contributed by atoms with E-state index in [-0.39, 0.29) is 11.6 Å². The summed E-state index contributed by atoms with van der Waals surface area (Å²) in [5.74, 6) is -0.446. The SMILES string of the molecule is Cc1cc(NC(C(N)=O)C(C)C)c(Br)cc1[N+](=O)[O-]. The van der Waals surface area contributed by atoms with Crippen molar-refractivity contribution in [3.05, 3.63) is 32.3 Å². The van der Waals surface area contributed by atoms with Crippen molar-refractivity contribution < 1.29 is 9.72 Å². The normalized spacial score (nSPS) is 12.3. The zero-order valence-electron chi connectivity index (χ0n) is 10.9. The molecule has 0 aromatic heterocycles. The minimum atomic E-state index is -0.530. The standard InChI is InChI=1S/C12H16BrN3O3/c1-6(2)11(12(14)17)15-9-4-7(3)10(16(18)19)5-8(9)13/h4-6,11,15H,1-3H3,(H2,14,17). The van der Waals surface area contributed by atoms with Crippen LogP contribution in [0.25, 0.3) is 0 Å². The van der Waals surface area contributed by atoms with Crippen LogP contribution in [0.2, 0.25) is 0 Å². The molecule has 0 bridgehead atoms. The van der Waals surface area contributed by atoms with Gasteiger partial charge in [-0.1, -0.05) is 13.8 Å². The zero-order valence-corrected chi connectivity index (χ0v) is 12.5. The van der Waals surface area contributed by atoms with Crippen molar-refractivity contribution in [2.75, 3.05) is 5.32 Å². The van der Waals surface area contributed by atoms with Crippen LogP contribution in [0.3, 0.4) is 0 Å². The van der Waals surface area contributed by atoms with Gasteiger partial charge in [0.05, 0.1) is 4.92 Å². The van der Waals surface area contributed by atoms with Crippen LogP contribution in [0.1, 0.15) is 19.4 Å². The van der Waals surface area contributed by atoms with Crippen LogP contribution in [-0.2, 0) is 4.79 Å². The number of rotatable bonds is 5. The van der Waals surface area contributed by atoms with Gasteiger partial charge in [0.2, 0.25) is 5.91 Å². The lowest BCUT2D eigenvalue weighted by atomic mass is 10.0. The Bertz CT molecular complexity index is 517. The average Bonchev–Trinajstić information content (AvgIpc) is 2.28. The predicted octanol–water partition coefficient (Wildman–Crippen LogP) is 2.59. The van der Waals surface area contributed by atoms with Crippen LogP contribution >= 0.6 is 15.9 Å². The van der Waals surface area contributed by atoms with Gasteiger partial charge in [-0.05, 0) is 34.8 Å². The van der Waals surface area contributed by atoms with Crippen molar-refractivity contribution in [1.82, 2.24) is 0 Å². The number of hydrogen-bond acceptors (Lipinski definition) is 4. The van der Waals surface area contributed by atoms with Crippen molar-refractivity contribution in [3.8, 4) is 0 Å². The molecule has 0 heterocycles. The van der Waals surface area contributed by atoms with E-state index in [9.17, 15) is 14.9 Å². The number of carbonyl (C=O) groups is 1. The third-order valence-electron chi connectivity index (χ3n) is 2.77. The Balaban J connectivity index is 3.12. The number of nitrogens with one attached hydrogen (secondary N) is 1. The molecule has 1 amide bonds. The molecule has 0 aliphatic carbocycles. The number of halogens is 1. The van der Waals surface area contributed by atoms with Crippen LogP contribution in [-0.4, -0.2) is 16.9 Å². The Morgan fingerprint density at radius 1 is 1.47 bits per heavy atom. The van der Waals surface area contributed by atoms with Gasteiger partial charge in [0.25, 0.3) is 5.69 Å². The fourth-order valence-electron chi connectivity index (χ4n) is 1.71. The molecule has 1 aromatic rings. The second-order valence-corrected chi connectivity index (χ2v) is 5.50. The third-order valence-corrected chi connectivity index (χ3v) is 3.42. The Kier molecular flexibility index (Phi) is 4.88. The lowest BCUT2D eigenvalue weighted by Crippen LogP contribution is -2.39. The smallest absolute Gasteiger partial charge is 0.273 e. The van der Waals surface area contributed by atoms with E-state index in [4.69, 9.17) is 5.73 Å². The maximum absolute atomic E-state index is 11.4. The largest absolute Gasteiger partial charge is 0.373 e. The molecule has 0 aliphatic rings. The summed E-state index contributed by atoms with van der Waals surface area (Å²) >= 11 is 3.26. The second-order valence-electron chi connectivity index (χ2n) is 4.64. The molecule has 104 valence electrons. The number of carbonyl (C=O) groups excluding carboxylic acids is 1. The van der Waals surface area contributed by atoms with Crippen LogP contribution < -0.4 is 11.1 Å². The van der Waals surface area contributed by atoms with E-state index in [0.29, 0.717) is 15.7 Å². The maximum atomic E-state index is 11.4. The van der Waals surface area contributed by atoms with Crippen molar-refractivity contribution in [1.29, 1.82) is 0 Å². The van der Waals surface area contributed by atoms with Crippen molar-refractivity contribution >= 4 is 33.2 Å². The fraction of sp³-hybridized carbons (Fsp3) is 0.417. The summed E-state index contributed by atoms with van der Waals surface area (Å²) < 4.78 is 0.525. The number of benzene rings is 1. The number of nitrogens with two attached hydrogens (primary N) is 1. The first-order valence-electron chi connectivity index (χ1n) is 5.74. The first-order chi connectivity index (χ1) is 8.73. The Labute approximate surface area is 119 Å². The molecule has 0 saturated heterocycles. The highest BCUT2D eigenvalue weighted by atomic mass is 79.9. The summed E-state index contributed by atoms with van der Waals surface area (Å²) in [5.41, 5.74) is 6.48. The molecule has 0 saturated carbocycles. The van der Waals surface area contributed by atoms with Crippen molar-refractivity contribution in [2.24, 2.45) is 11.7 Å². The van der Waals surface area contributed by atoms with Gasteiger partial charge in [0.15, 0.2) is 0 Å². The quantitative estimate of drug-likeness (QED) is 0.640. The Hall–Kier alpha value is -1.63. The van der Waals surface area contributed by atoms with Gasteiger partial charge in [-0.2, -0.15) is 0 Å². The van der Waals surface area contributed by atoms with Gasteiger partial charge in [-0.25, -0.2) is 0 Å². The summed E-state index contributed by atoms with van der Waals surface area (Å²) in [7, 11) is 0. The van der Waals surface area contributed by atoms with E-state index in [1.54, 1.807) is 13.0 Å². The van der Waals surface area contributed by atoms with E-state index in [2.05, 4.69) is 21.2 Å². The van der Waals surface area contributed by atoms with Crippen LogP contribution in [0, 0.1) is 23.0 Å². The van der Waals surface area contributed by atoms with E-state index < -0.39 is 16.9 Å². The number of amides is 1. The van der Waals surface area contributed by atoms with Crippen molar-refractivity contribution in [2.45, 2.75) is 26.8 Å². The van der Waals surface area contributed by atoms with E-state index in [1.165, 1.54) is 6.07 Å². The fourth-order valence-corrected chi connectivity index (χ4v) is 2.16. The third kappa shape index (κ3) is 3.66. The number of hydrogen-bond donors (Lipinski definition) is 2. The van der Waals surface area contributed by atoms with E-state index >= 15 is 0 Å². The molecule has 1 aromatic carbocycles. The second kappa shape index (κ2) is 6.01. The summed E-state index contributed by atoms with van der Waals surface area (Å²) in [6, 6.07) is 2.51. The monoisotopic (exact) mass is 329 g/mol. The molecule has 0 fully saturated rings. The first kappa shape index (κ1) is 15.4. The molecule has 1 unspecified atom stereocenters. The summed E-state index contributed by atoms with van der Waals surface area (Å²) in [6.45, 7) is 5.38. The van der Waals surface area contributed by atoms with Gasteiger partial charge in [0.1, 0.15) is 6.04 Å². The predicted molar refractivity (Wildman–Crippen MR) is 77.0 cm³/mol. The minimum Gasteiger partial charge on any atom is -0.373 e. The van der Waals surface area contributed by atoms with Gasteiger partial charge in [0, 0.05) is 21.8 Å². The highest BCUT2D eigenvalue weighted by Gasteiger charge is 2.21. The molecule has 19 heavy (non-hydrogen) atoms. The number of nitro groups is 1. The van der Waals surface area contributed by atoms with Gasteiger partial charge in [-0.3, -0.25) is 14.9 Å². The highest BCUT2D eigenvalue weighted by Crippen LogP contribution is 2.31. The van der Waals surface area contributed by atoms with Gasteiger partial charge in [-0.15, -0.1) is 0 Å². The lowest BCUT2D eigenvalue weighted by Gasteiger charge is -2.21. The molecule has 0 radical (unpaired) electrons. The number of aryl methyl sites for hydroxylation is 1. The number of anilines is 1. The summed E-state index contributed by atoms with van der Waals surface area (Å²) in [5, 5.41) is 13.8. The van der Waals surface area contributed by atoms with Gasteiger partial charge >= 0.3 is 0 Å². The topological polar surface area (TPSA) is 98.3 Å². The summed E-state index contributed by atoms with van der Waals surface area (Å²) in [4.78, 5) is 21.7.